The first-order valence-corrected chi connectivity index (χ1v) is 13.4. The first-order chi connectivity index (χ1) is 19.3. The summed E-state index contributed by atoms with van der Waals surface area (Å²) in [5, 5.41) is 5.41. The number of rotatable bonds is 13. The fourth-order valence-electron chi connectivity index (χ4n) is 3.83. The zero-order chi connectivity index (χ0) is 31.0. The Hall–Kier alpha value is -4.26. The smallest absolute Gasteiger partial charge is 0.404 e. The van der Waals surface area contributed by atoms with Gasteiger partial charge in [-0.3, -0.25) is 9.59 Å². The molecule has 4 N–H and O–H groups in total. The van der Waals surface area contributed by atoms with E-state index >= 15 is 0 Å². The maximum atomic E-state index is 12.8. The summed E-state index contributed by atoms with van der Waals surface area (Å²) in [6, 6.07) is -0.815. The van der Waals surface area contributed by atoms with Gasteiger partial charge in [-0.1, -0.05) is 69.6 Å². The van der Waals surface area contributed by atoms with E-state index in [0.29, 0.717) is 19.3 Å². The van der Waals surface area contributed by atoms with Gasteiger partial charge in [0.25, 0.3) is 0 Å². The van der Waals surface area contributed by atoms with Gasteiger partial charge in [-0.15, -0.1) is 5.92 Å². The Bertz CT molecular complexity index is 1150. The number of primary amides is 1. The minimum Gasteiger partial charge on any atom is -0.490 e. The van der Waals surface area contributed by atoms with Crippen molar-refractivity contribution in [3.8, 4) is 11.8 Å². The summed E-state index contributed by atoms with van der Waals surface area (Å²) in [6.45, 7) is 11.1. The van der Waals surface area contributed by atoms with Crippen molar-refractivity contribution in [2.45, 2.75) is 79.1 Å². The van der Waals surface area contributed by atoms with Crippen LogP contribution >= 0.6 is 0 Å². The van der Waals surface area contributed by atoms with Crippen molar-refractivity contribution in [3.63, 3.8) is 0 Å². The molecule has 4 atom stereocenters. The molecule has 224 valence electrons. The minimum absolute atomic E-state index is 0.0165. The molecule has 10 heteroatoms. The van der Waals surface area contributed by atoms with Gasteiger partial charge in [-0.25, -0.2) is 9.59 Å². The van der Waals surface area contributed by atoms with Crippen molar-refractivity contribution >= 4 is 23.9 Å². The number of hydrogen-bond acceptors (Lipinski definition) is 7. The molecule has 1 unspecified atom stereocenters. The Morgan fingerprint density at radius 1 is 1.24 bits per heavy atom. The van der Waals surface area contributed by atoms with E-state index in [1.165, 1.54) is 19.4 Å². The predicted octanol–water partition coefficient (Wildman–Crippen LogP) is 3.96. The Morgan fingerprint density at radius 2 is 1.93 bits per heavy atom. The molecule has 0 fully saturated rings. The molecule has 0 radical (unpaired) electrons. The van der Waals surface area contributed by atoms with Crippen LogP contribution in [0, 0.1) is 23.2 Å². The summed E-state index contributed by atoms with van der Waals surface area (Å²) in [6.07, 6.45) is 12.8. The molecular weight excluding hydrogens is 526 g/mol. The summed E-state index contributed by atoms with van der Waals surface area (Å²) in [4.78, 5) is 48.3. The fourth-order valence-corrected chi connectivity index (χ4v) is 3.83. The highest BCUT2D eigenvalue weighted by Gasteiger charge is 2.32. The lowest BCUT2D eigenvalue weighted by molar-refractivity contribution is -0.151. The van der Waals surface area contributed by atoms with E-state index in [1.54, 1.807) is 31.2 Å². The van der Waals surface area contributed by atoms with Crippen LogP contribution < -0.4 is 16.4 Å². The molecule has 0 aliphatic carbocycles. The topological polar surface area (TPSA) is 146 Å². The molecule has 0 saturated carbocycles. The average Bonchev–Trinajstić information content (AvgIpc) is 2.89. The second-order valence-electron chi connectivity index (χ2n) is 10.6. The Morgan fingerprint density at radius 3 is 2.51 bits per heavy atom. The van der Waals surface area contributed by atoms with Gasteiger partial charge in [0.05, 0.1) is 7.11 Å². The van der Waals surface area contributed by atoms with Crippen molar-refractivity contribution in [2.75, 3.05) is 7.11 Å². The second-order valence-corrected chi connectivity index (χ2v) is 10.6. The van der Waals surface area contributed by atoms with Crippen molar-refractivity contribution < 1.29 is 33.4 Å². The van der Waals surface area contributed by atoms with Crippen LogP contribution in [0.15, 0.2) is 60.1 Å². The Balaban J connectivity index is 2.69. The van der Waals surface area contributed by atoms with E-state index in [4.69, 9.17) is 19.9 Å². The summed E-state index contributed by atoms with van der Waals surface area (Å²) in [5.74, 6) is 4.48. The summed E-state index contributed by atoms with van der Waals surface area (Å²) in [7, 11) is 1.43. The summed E-state index contributed by atoms with van der Waals surface area (Å²) >= 11 is 0. The van der Waals surface area contributed by atoms with Crippen LogP contribution in [-0.2, 0) is 28.6 Å². The first kappa shape index (κ1) is 34.8. The molecule has 1 rings (SSSR count). The van der Waals surface area contributed by atoms with Crippen molar-refractivity contribution in [1.29, 1.82) is 0 Å². The van der Waals surface area contributed by atoms with E-state index in [2.05, 4.69) is 22.5 Å². The molecule has 1 heterocycles. The van der Waals surface area contributed by atoms with E-state index in [0.717, 1.165) is 5.57 Å². The third-order valence-corrected chi connectivity index (χ3v) is 5.99. The van der Waals surface area contributed by atoms with Crippen molar-refractivity contribution in [3.05, 3.63) is 60.1 Å². The van der Waals surface area contributed by atoms with Gasteiger partial charge in [-0.2, -0.15) is 0 Å². The number of esters is 1. The molecule has 41 heavy (non-hydrogen) atoms. The van der Waals surface area contributed by atoms with E-state index in [1.807, 2.05) is 46.8 Å². The highest BCUT2D eigenvalue weighted by Crippen LogP contribution is 2.23. The highest BCUT2D eigenvalue weighted by atomic mass is 16.6. The van der Waals surface area contributed by atoms with Gasteiger partial charge < -0.3 is 30.6 Å². The highest BCUT2D eigenvalue weighted by molar-refractivity contribution is 5.93. The van der Waals surface area contributed by atoms with Gasteiger partial charge in [0.2, 0.25) is 11.8 Å². The number of carbonyl (C=O) groups excluding carboxylic acids is 4. The number of allylic oxidation sites excluding steroid dienone is 4. The number of nitrogens with two attached hydrogens (primary N) is 1. The monoisotopic (exact) mass is 569 g/mol. The van der Waals surface area contributed by atoms with Gasteiger partial charge >= 0.3 is 12.1 Å². The number of hydrogen-bond donors (Lipinski definition) is 3. The molecule has 0 bridgehead atoms. The van der Waals surface area contributed by atoms with Crippen LogP contribution in [0.2, 0.25) is 0 Å². The standard InChI is InChI=1S/C31H43N3O7/c1-8-9-14-23(40-30(32)38)15-12-19-33-28(36)27(31(4,5)6)34-26(35)16-11-10-13-21(2)20-22(3)24-17-18-25(39-7)29(37)41-24/h10-13,16,18-20,22-24,27H,14-15,17H2,1-7H3,(H2,32,38)(H,33,36)(H,34,35)/b13-10-,16-11-,19-12-,21-20+/t22-,23-,24-,27?/m0/s1. The molecule has 0 aromatic heterocycles. The fraction of sp³-hybridized carbons (Fsp3) is 0.484. The van der Waals surface area contributed by atoms with E-state index < -0.39 is 41.4 Å². The van der Waals surface area contributed by atoms with Crippen LogP contribution in [0.5, 0.6) is 0 Å². The Kier molecular flexibility index (Phi) is 14.8. The summed E-state index contributed by atoms with van der Waals surface area (Å²) in [5.41, 5.74) is 5.46. The SMILES string of the molecule is CC#CC[C@@H](C/C=C\NC(=O)C(NC(=O)\C=C/C=C\C(C)=C\[C@H](C)[C@@H]1CC=C(OC)C(=O)O1)C(C)(C)C)OC(N)=O. The normalized spacial score (nSPS) is 18.1. The van der Waals surface area contributed by atoms with Crippen LogP contribution in [0.25, 0.3) is 0 Å². The van der Waals surface area contributed by atoms with E-state index in [-0.39, 0.29) is 17.8 Å². The molecule has 3 amide bonds. The number of ether oxygens (including phenoxy) is 3. The maximum Gasteiger partial charge on any atom is 0.404 e. The lowest BCUT2D eigenvalue weighted by atomic mass is 9.86. The van der Waals surface area contributed by atoms with Crippen molar-refractivity contribution in [1.82, 2.24) is 10.6 Å². The van der Waals surface area contributed by atoms with Gasteiger partial charge in [0.1, 0.15) is 18.2 Å². The zero-order valence-electron chi connectivity index (χ0n) is 25.0. The summed E-state index contributed by atoms with van der Waals surface area (Å²) < 4.78 is 15.4. The van der Waals surface area contributed by atoms with Gasteiger partial charge in [-0.05, 0) is 31.5 Å². The van der Waals surface area contributed by atoms with Crippen LogP contribution in [0.4, 0.5) is 4.79 Å². The Labute approximate surface area is 243 Å². The number of carbonyl (C=O) groups is 4. The lowest BCUT2D eigenvalue weighted by Crippen LogP contribution is -2.52. The number of nitrogens with one attached hydrogen (secondary N) is 2. The van der Waals surface area contributed by atoms with Crippen LogP contribution in [-0.4, -0.2) is 49.2 Å². The third kappa shape index (κ3) is 13.6. The molecule has 0 aromatic rings. The van der Waals surface area contributed by atoms with Crippen molar-refractivity contribution in [2.24, 2.45) is 17.1 Å². The van der Waals surface area contributed by atoms with Gasteiger partial charge in [0, 0.05) is 31.3 Å². The number of cyclic esters (lactones) is 1. The molecule has 10 nitrogen and oxygen atoms in total. The second kappa shape index (κ2) is 17.4. The maximum absolute atomic E-state index is 12.8. The van der Waals surface area contributed by atoms with Crippen LogP contribution in [0.1, 0.15) is 60.8 Å². The molecule has 0 spiro atoms. The third-order valence-electron chi connectivity index (χ3n) is 5.99. The van der Waals surface area contributed by atoms with Gasteiger partial charge in [0.15, 0.2) is 5.76 Å². The zero-order valence-corrected chi connectivity index (χ0v) is 25.0. The van der Waals surface area contributed by atoms with E-state index in [9.17, 15) is 19.2 Å². The van der Waals surface area contributed by atoms with Crippen LogP contribution in [0.3, 0.4) is 0 Å². The number of methoxy groups -OCH3 is 1. The predicted molar refractivity (Wildman–Crippen MR) is 157 cm³/mol. The largest absolute Gasteiger partial charge is 0.490 e. The minimum atomic E-state index is -0.893. The molecule has 0 saturated heterocycles. The molecule has 1 aliphatic heterocycles. The average molecular weight is 570 g/mol. The molecule has 1 aliphatic rings. The lowest BCUT2D eigenvalue weighted by Gasteiger charge is -2.29. The number of amides is 3. The molecule has 0 aromatic carbocycles. The first-order valence-electron chi connectivity index (χ1n) is 13.4. The molecular formula is C31H43N3O7. The quantitative estimate of drug-likeness (QED) is 0.132.